The Morgan fingerprint density at radius 2 is 1.87 bits per heavy atom. The molecule has 0 aliphatic heterocycles. The highest BCUT2D eigenvalue weighted by Gasteiger charge is 2.09. The highest BCUT2D eigenvalue weighted by atomic mass is 16.6. The Morgan fingerprint density at radius 1 is 1.09 bits per heavy atom. The topological polar surface area (TPSA) is 60.5 Å². The van der Waals surface area contributed by atoms with Gasteiger partial charge in [0.05, 0.1) is 6.61 Å². The Morgan fingerprint density at radius 3 is 2.65 bits per heavy atom. The van der Waals surface area contributed by atoms with E-state index in [-0.39, 0.29) is 0 Å². The van der Waals surface area contributed by atoms with E-state index in [9.17, 15) is 4.79 Å². The summed E-state index contributed by atoms with van der Waals surface area (Å²) in [4.78, 5) is 16.3. The summed E-state index contributed by atoms with van der Waals surface area (Å²) >= 11 is 0. The number of para-hydroxylation sites is 1. The standard InChI is InChI=1S/C18H16N2O3/c1-2-22-15-10-8-14(9-11-15)20-18(21)23-16-7-3-5-13-6-4-12-19-17(13)16/h3-12H,2H2,1H3,(H,20,21). The molecule has 1 N–H and O–H groups in total. The number of amides is 1. The molecule has 0 aliphatic carbocycles. The molecule has 1 amide bonds. The Labute approximate surface area is 133 Å². The number of carbonyl (C=O) groups is 1. The van der Waals surface area contributed by atoms with Crippen LogP contribution in [0.25, 0.3) is 10.9 Å². The molecule has 1 heterocycles. The van der Waals surface area contributed by atoms with Crippen molar-refractivity contribution in [2.45, 2.75) is 6.92 Å². The lowest BCUT2D eigenvalue weighted by molar-refractivity contribution is 0.215. The van der Waals surface area contributed by atoms with E-state index >= 15 is 0 Å². The van der Waals surface area contributed by atoms with Gasteiger partial charge in [-0.3, -0.25) is 10.3 Å². The van der Waals surface area contributed by atoms with Gasteiger partial charge in [-0.2, -0.15) is 0 Å². The van der Waals surface area contributed by atoms with Crippen LogP contribution < -0.4 is 14.8 Å². The van der Waals surface area contributed by atoms with E-state index in [4.69, 9.17) is 9.47 Å². The average Bonchev–Trinajstić information content (AvgIpc) is 2.57. The van der Waals surface area contributed by atoms with Crippen molar-refractivity contribution in [3.8, 4) is 11.5 Å². The summed E-state index contributed by atoms with van der Waals surface area (Å²) in [6.45, 7) is 2.52. The van der Waals surface area contributed by atoms with Gasteiger partial charge in [-0.05, 0) is 43.3 Å². The van der Waals surface area contributed by atoms with E-state index in [2.05, 4.69) is 10.3 Å². The van der Waals surface area contributed by atoms with Crippen molar-refractivity contribution in [2.75, 3.05) is 11.9 Å². The first-order valence-electron chi connectivity index (χ1n) is 7.31. The van der Waals surface area contributed by atoms with E-state index < -0.39 is 6.09 Å². The second kappa shape index (κ2) is 6.79. The number of aromatic nitrogens is 1. The summed E-state index contributed by atoms with van der Waals surface area (Å²) in [5.41, 5.74) is 1.28. The molecule has 3 aromatic rings. The van der Waals surface area contributed by atoms with Crippen LogP contribution in [-0.2, 0) is 0 Å². The summed E-state index contributed by atoms with van der Waals surface area (Å²) in [6.07, 6.45) is 1.10. The Kier molecular flexibility index (Phi) is 4.38. The summed E-state index contributed by atoms with van der Waals surface area (Å²) in [5, 5.41) is 3.60. The first-order valence-corrected chi connectivity index (χ1v) is 7.31. The first kappa shape index (κ1) is 14.8. The van der Waals surface area contributed by atoms with E-state index in [1.165, 1.54) is 0 Å². The number of nitrogens with one attached hydrogen (secondary N) is 1. The number of pyridine rings is 1. The van der Waals surface area contributed by atoms with Crippen LogP contribution in [-0.4, -0.2) is 17.7 Å². The first-order chi connectivity index (χ1) is 11.3. The number of hydrogen-bond acceptors (Lipinski definition) is 4. The smallest absolute Gasteiger partial charge is 0.417 e. The minimum absolute atomic E-state index is 0.423. The van der Waals surface area contributed by atoms with Crippen molar-refractivity contribution in [1.29, 1.82) is 0 Å². The molecule has 0 saturated carbocycles. The van der Waals surface area contributed by atoms with Crippen molar-refractivity contribution in [2.24, 2.45) is 0 Å². The fourth-order valence-corrected chi connectivity index (χ4v) is 2.20. The second-order valence-electron chi connectivity index (χ2n) is 4.80. The van der Waals surface area contributed by atoms with Crippen LogP contribution in [0.15, 0.2) is 60.8 Å². The van der Waals surface area contributed by atoms with Crippen molar-refractivity contribution in [3.05, 3.63) is 60.8 Å². The fraction of sp³-hybridized carbons (Fsp3) is 0.111. The van der Waals surface area contributed by atoms with E-state index in [1.807, 2.05) is 31.2 Å². The van der Waals surface area contributed by atoms with Gasteiger partial charge in [0, 0.05) is 17.3 Å². The van der Waals surface area contributed by atoms with Crippen LogP contribution in [0.2, 0.25) is 0 Å². The number of benzene rings is 2. The zero-order chi connectivity index (χ0) is 16.1. The number of rotatable bonds is 4. The Hall–Kier alpha value is -3.08. The number of anilines is 1. The molecule has 0 spiro atoms. The predicted molar refractivity (Wildman–Crippen MR) is 89.0 cm³/mol. The fourth-order valence-electron chi connectivity index (χ4n) is 2.20. The number of fused-ring (bicyclic) bond motifs is 1. The van der Waals surface area contributed by atoms with Gasteiger partial charge in [-0.25, -0.2) is 4.79 Å². The molecule has 0 unspecified atom stereocenters. The van der Waals surface area contributed by atoms with Crippen LogP contribution in [0.4, 0.5) is 10.5 Å². The van der Waals surface area contributed by atoms with Gasteiger partial charge in [-0.15, -0.1) is 0 Å². The molecule has 0 fully saturated rings. The molecule has 0 saturated heterocycles. The maximum absolute atomic E-state index is 12.0. The monoisotopic (exact) mass is 308 g/mol. The van der Waals surface area contributed by atoms with Crippen LogP contribution in [0.1, 0.15) is 6.92 Å². The summed E-state index contributed by atoms with van der Waals surface area (Å²) in [6, 6.07) is 16.3. The largest absolute Gasteiger partial charge is 0.494 e. The van der Waals surface area contributed by atoms with Crippen LogP contribution >= 0.6 is 0 Å². The van der Waals surface area contributed by atoms with Crippen molar-refractivity contribution >= 4 is 22.7 Å². The van der Waals surface area contributed by atoms with E-state index in [0.717, 1.165) is 11.1 Å². The van der Waals surface area contributed by atoms with Crippen LogP contribution in [0.5, 0.6) is 11.5 Å². The molecule has 116 valence electrons. The third-order valence-corrected chi connectivity index (χ3v) is 3.21. The molecule has 0 atom stereocenters. The van der Waals surface area contributed by atoms with Gasteiger partial charge in [0.15, 0.2) is 5.75 Å². The van der Waals surface area contributed by atoms with Crippen molar-refractivity contribution < 1.29 is 14.3 Å². The van der Waals surface area contributed by atoms with Crippen LogP contribution in [0.3, 0.4) is 0 Å². The molecule has 5 nitrogen and oxygen atoms in total. The summed E-state index contributed by atoms with van der Waals surface area (Å²) in [7, 11) is 0. The minimum atomic E-state index is -0.563. The predicted octanol–water partition coefficient (Wildman–Crippen LogP) is 4.24. The highest BCUT2D eigenvalue weighted by Crippen LogP contribution is 2.23. The molecule has 23 heavy (non-hydrogen) atoms. The summed E-state index contributed by atoms with van der Waals surface area (Å²) in [5.74, 6) is 1.18. The molecule has 0 radical (unpaired) electrons. The third-order valence-electron chi connectivity index (χ3n) is 3.21. The molecule has 5 heteroatoms. The van der Waals surface area contributed by atoms with Gasteiger partial charge in [0.25, 0.3) is 0 Å². The molecule has 1 aromatic heterocycles. The number of carbonyl (C=O) groups excluding carboxylic acids is 1. The zero-order valence-corrected chi connectivity index (χ0v) is 12.7. The van der Waals surface area contributed by atoms with Crippen molar-refractivity contribution in [1.82, 2.24) is 4.98 Å². The highest BCUT2D eigenvalue weighted by molar-refractivity contribution is 5.91. The normalized spacial score (nSPS) is 10.3. The van der Waals surface area contributed by atoms with E-state index in [0.29, 0.717) is 23.6 Å². The quantitative estimate of drug-likeness (QED) is 0.783. The molecular weight excluding hydrogens is 292 g/mol. The van der Waals surface area contributed by atoms with Gasteiger partial charge < -0.3 is 9.47 Å². The minimum Gasteiger partial charge on any atom is -0.494 e. The lowest BCUT2D eigenvalue weighted by atomic mass is 10.2. The zero-order valence-electron chi connectivity index (χ0n) is 12.7. The van der Waals surface area contributed by atoms with Crippen molar-refractivity contribution in [3.63, 3.8) is 0 Å². The number of nitrogens with zero attached hydrogens (tertiary/aromatic N) is 1. The van der Waals surface area contributed by atoms with Crippen LogP contribution in [0, 0.1) is 0 Å². The Balaban J connectivity index is 1.71. The third kappa shape index (κ3) is 3.58. The van der Waals surface area contributed by atoms with Gasteiger partial charge in [0.2, 0.25) is 0 Å². The Bertz CT molecular complexity index is 811. The van der Waals surface area contributed by atoms with Gasteiger partial charge in [-0.1, -0.05) is 18.2 Å². The molecule has 2 aromatic carbocycles. The molecule has 0 aliphatic rings. The lowest BCUT2D eigenvalue weighted by Gasteiger charge is -2.09. The maximum Gasteiger partial charge on any atom is 0.417 e. The summed E-state index contributed by atoms with van der Waals surface area (Å²) < 4.78 is 10.7. The number of ether oxygens (including phenoxy) is 2. The molecule has 3 rings (SSSR count). The van der Waals surface area contributed by atoms with Gasteiger partial charge in [0.1, 0.15) is 11.3 Å². The number of hydrogen-bond donors (Lipinski definition) is 1. The average molecular weight is 308 g/mol. The lowest BCUT2D eigenvalue weighted by Crippen LogP contribution is -2.16. The maximum atomic E-state index is 12.0. The van der Waals surface area contributed by atoms with E-state index in [1.54, 1.807) is 36.5 Å². The molecule has 0 bridgehead atoms. The second-order valence-corrected chi connectivity index (χ2v) is 4.80. The van der Waals surface area contributed by atoms with Gasteiger partial charge >= 0.3 is 6.09 Å². The molecular formula is C18H16N2O3. The SMILES string of the molecule is CCOc1ccc(NC(=O)Oc2cccc3cccnc23)cc1.